The Balaban J connectivity index is 1.27. The minimum Gasteiger partial charge on any atom is -0.298 e. The minimum absolute atomic E-state index is 0.271. The van der Waals surface area contributed by atoms with E-state index >= 15 is 0 Å². The summed E-state index contributed by atoms with van der Waals surface area (Å²) in [5.41, 5.74) is 4.54. The number of rotatable bonds is 5. The van der Waals surface area contributed by atoms with Crippen molar-refractivity contribution in [1.29, 1.82) is 0 Å². The van der Waals surface area contributed by atoms with Crippen LogP contribution in [0, 0.1) is 5.41 Å². The van der Waals surface area contributed by atoms with Crippen molar-refractivity contribution >= 4 is 27.9 Å². The number of hydrogen-bond acceptors (Lipinski definition) is 5. The molecule has 0 N–H and O–H groups in total. The molecule has 2 fully saturated rings. The summed E-state index contributed by atoms with van der Waals surface area (Å²) in [5.74, 6) is 0.271. The van der Waals surface area contributed by atoms with Crippen LogP contribution < -0.4 is 0 Å². The fourth-order valence-corrected chi connectivity index (χ4v) is 4.78. The predicted molar refractivity (Wildman–Crippen MR) is 109 cm³/mol. The van der Waals surface area contributed by atoms with E-state index in [0.29, 0.717) is 18.4 Å². The summed E-state index contributed by atoms with van der Waals surface area (Å²) in [6.45, 7) is 2.72. The minimum atomic E-state index is 0.271. The zero-order valence-corrected chi connectivity index (χ0v) is 16.2. The van der Waals surface area contributed by atoms with Crippen LogP contribution in [-0.2, 0) is 11.2 Å². The van der Waals surface area contributed by atoms with Crippen molar-refractivity contribution in [2.45, 2.75) is 32.1 Å². The molecule has 138 valence electrons. The number of benzene rings is 1. The number of aromatic nitrogens is 2. The van der Waals surface area contributed by atoms with Gasteiger partial charge in [0.05, 0.1) is 23.4 Å². The molecule has 3 aromatic rings. The van der Waals surface area contributed by atoms with Gasteiger partial charge in [-0.3, -0.25) is 19.7 Å². The summed E-state index contributed by atoms with van der Waals surface area (Å²) < 4.78 is 0. The van der Waals surface area contributed by atoms with Crippen molar-refractivity contribution in [3.63, 3.8) is 0 Å². The van der Waals surface area contributed by atoms with Gasteiger partial charge in [-0.1, -0.05) is 12.1 Å². The molecule has 2 aliphatic rings. The Kier molecular flexibility index (Phi) is 4.29. The first-order chi connectivity index (χ1) is 13.2. The maximum Gasteiger partial charge on any atom is 0.152 e. The van der Waals surface area contributed by atoms with Crippen LogP contribution in [0.4, 0.5) is 0 Å². The highest BCUT2D eigenvalue weighted by Crippen LogP contribution is 2.53. The van der Waals surface area contributed by atoms with Gasteiger partial charge < -0.3 is 0 Å². The first-order valence-corrected chi connectivity index (χ1v) is 10.6. The Hall–Kier alpha value is -2.11. The van der Waals surface area contributed by atoms with E-state index in [4.69, 9.17) is 0 Å². The highest BCUT2D eigenvalue weighted by Gasteiger charge is 2.44. The molecule has 0 atom stereocenters. The Morgan fingerprint density at radius 1 is 1.07 bits per heavy atom. The number of thiazole rings is 1. The highest BCUT2D eigenvalue weighted by molar-refractivity contribution is 7.13. The molecule has 1 aliphatic carbocycles. The molecule has 0 bridgehead atoms. The van der Waals surface area contributed by atoms with Gasteiger partial charge in [-0.25, -0.2) is 0 Å². The zero-order chi connectivity index (χ0) is 18.3. The number of piperidine rings is 1. The largest absolute Gasteiger partial charge is 0.298 e. The molecule has 3 heterocycles. The van der Waals surface area contributed by atoms with Crippen LogP contribution in [0.5, 0.6) is 0 Å². The van der Waals surface area contributed by atoms with E-state index in [2.05, 4.69) is 39.1 Å². The van der Waals surface area contributed by atoms with Gasteiger partial charge in [0.15, 0.2) is 5.78 Å². The average Bonchev–Trinajstić information content (AvgIpc) is 3.20. The Labute approximate surface area is 163 Å². The van der Waals surface area contributed by atoms with E-state index in [9.17, 15) is 4.79 Å². The number of pyridine rings is 1. The molecule has 27 heavy (non-hydrogen) atoms. The van der Waals surface area contributed by atoms with Gasteiger partial charge in [0.25, 0.3) is 0 Å². The van der Waals surface area contributed by atoms with E-state index in [-0.39, 0.29) is 5.78 Å². The van der Waals surface area contributed by atoms with Gasteiger partial charge in [-0.05, 0) is 67.3 Å². The molecule has 1 aromatic carbocycles. The molecular formula is C22H23N3OS. The fourth-order valence-electron chi connectivity index (χ4n) is 4.16. The molecule has 0 unspecified atom stereocenters. The quantitative estimate of drug-likeness (QED) is 0.663. The molecule has 1 saturated heterocycles. The molecule has 0 amide bonds. The van der Waals surface area contributed by atoms with Gasteiger partial charge >= 0.3 is 0 Å². The Morgan fingerprint density at radius 3 is 2.67 bits per heavy atom. The lowest BCUT2D eigenvalue weighted by atomic mass is 9.93. The first-order valence-electron chi connectivity index (χ1n) is 9.71. The number of carbonyl (C=O) groups is 1. The standard InChI is InChI=1S/C22H23N3OS/c26-20(14-25-7-5-22(3-4-22)6-8-25)11-19-10-18-9-16(21-13-23-15-27-21)1-2-17(18)12-24-19/h1-2,9-10,12-13,15H,3-8,11,14H2. The molecule has 5 heteroatoms. The summed E-state index contributed by atoms with van der Waals surface area (Å²) in [6, 6.07) is 8.42. The monoisotopic (exact) mass is 377 g/mol. The van der Waals surface area contributed by atoms with Crippen LogP contribution in [-0.4, -0.2) is 40.3 Å². The highest BCUT2D eigenvalue weighted by atomic mass is 32.1. The lowest BCUT2D eigenvalue weighted by Crippen LogP contribution is -2.38. The maximum atomic E-state index is 12.6. The van der Waals surface area contributed by atoms with Crippen molar-refractivity contribution in [2.24, 2.45) is 5.41 Å². The van der Waals surface area contributed by atoms with E-state index < -0.39 is 0 Å². The second-order valence-corrected chi connectivity index (χ2v) is 8.98. The van der Waals surface area contributed by atoms with Crippen LogP contribution in [0.25, 0.3) is 21.2 Å². The number of fused-ring (bicyclic) bond motifs is 1. The maximum absolute atomic E-state index is 12.6. The normalized spacial score (nSPS) is 18.8. The number of nitrogens with zero attached hydrogens (tertiary/aromatic N) is 3. The van der Waals surface area contributed by atoms with E-state index in [1.807, 2.05) is 17.9 Å². The lowest BCUT2D eigenvalue weighted by Gasteiger charge is -2.31. The third-order valence-electron chi connectivity index (χ3n) is 6.15. The van der Waals surface area contributed by atoms with Gasteiger partial charge in [0, 0.05) is 23.5 Å². The second kappa shape index (κ2) is 6.80. The molecule has 4 nitrogen and oxygen atoms in total. The van der Waals surface area contributed by atoms with Crippen molar-refractivity contribution in [2.75, 3.05) is 19.6 Å². The number of ketones is 1. The van der Waals surface area contributed by atoms with Gasteiger partial charge in [-0.2, -0.15) is 0 Å². The molecule has 1 spiro atoms. The van der Waals surface area contributed by atoms with Gasteiger partial charge in [0.1, 0.15) is 0 Å². The van der Waals surface area contributed by atoms with Crippen LogP contribution in [0.2, 0.25) is 0 Å². The number of carbonyl (C=O) groups excluding carboxylic acids is 1. The second-order valence-electron chi connectivity index (χ2n) is 8.09. The van der Waals surface area contributed by atoms with Crippen LogP contribution in [0.3, 0.4) is 0 Å². The number of likely N-dealkylation sites (tertiary alicyclic amines) is 1. The number of Topliss-reactive ketones (excluding diaryl/α,β-unsaturated/α-hetero) is 1. The van der Waals surface area contributed by atoms with E-state index in [0.717, 1.165) is 40.0 Å². The van der Waals surface area contributed by atoms with Crippen LogP contribution >= 0.6 is 11.3 Å². The molecule has 1 saturated carbocycles. The fraction of sp³-hybridized carbons (Fsp3) is 0.409. The van der Waals surface area contributed by atoms with E-state index in [1.165, 1.54) is 25.7 Å². The van der Waals surface area contributed by atoms with Crippen LogP contribution in [0.1, 0.15) is 31.4 Å². The van der Waals surface area contributed by atoms with Gasteiger partial charge in [-0.15, -0.1) is 11.3 Å². The summed E-state index contributed by atoms with van der Waals surface area (Å²) in [7, 11) is 0. The van der Waals surface area contributed by atoms with Crippen molar-refractivity contribution in [3.8, 4) is 10.4 Å². The third-order valence-corrected chi connectivity index (χ3v) is 6.97. The van der Waals surface area contributed by atoms with Crippen LogP contribution in [0.15, 0.2) is 42.2 Å². The zero-order valence-electron chi connectivity index (χ0n) is 15.4. The van der Waals surface area contributed by atoms with Crippen molar-refractivity contribution < 1.29 is 4.79 Å². The smallest absolute Gasteiger partial charge is 0.152 e. The van der Waals surface area contributed by atoms with E-state index in [1.54, 1.807) is 11.3 Å². The number of hydrogen-bond donors (Lipinski definition) is 0. The molecule has 0 radical (unpaired) electrons. The lowest BCUT2D eigenvalue weighted by molar-refractivity contribution is -0.120. The topological polar surface area (TPSA) is 46.1 Å². The Bertz CT molecular complexity index is 968. The average molecular weight is 378 g/mol. The summed E-state index contributed by atoms with van der Waals surface area (Å²) in [4.78, 5) is 24.7. The summed E-state index contributed by atoms with van der Waals surface area (Å²) in [6.07, 6.45) is 9.54. The summed E-state index contributed by atoms with van der Waals surface area (Å²) >= 11 is 1.64. The Morgan fingerprint density at radius 2 is 1.93 bits per heavy atom. The third kappa shape index (κ3) is 3.66. The molecular weight excluding hydrogens is 354 g/mol. The van der Waals surface area contributed by atoms with Crippen molar-refractivity contribution in [3.05, 3.63) is 47.9 Å². The summed E-state index contributed by atoms with van der Waals surface area (Å²) in [5, 5.41) is 2.23. The molecule has 2 aromatic heterocycles. The molecule has 5 rings (SSSR count). The predicted octanol–water partition coefficient (Wildman–Crippen LogP) is 4.35. The SMILES string of the molecule is O=C(Cc1cc2cc(-c3cncs3)ccc2cn1)CN1CCC2(CC1)CC2. The van der Waals surface area contributed by atoms with Gasteiger partial charge in [0.2, 0.25) is 0 Å². The first kappa shape index (κ1) is 17.0. The van der Waals surface area contributed by atoms with Crippen molar-refractivity contribution in [1.82, 2.24) is 14.9 Å². The molecule has 1 aliphatic heterocycles.